The summed E-state index contributed by atoms with van der Waals surface area (Å²) in [6, 6.07) is -0.0666. The highest BCUT2D eigenvalue weighted by Gasteiger charge is 2.37. The molecule has 1 aliphatic heterocycles. The Morgan fingerprint density at radius 1 is 1.25 bits per heavy atom. The van der Waals surface area contributed by atoms with E-state index >= 15 is 0 Å². The fourth-order valence-corrected chi connectivity index (χ4v) is 3.54. The van der Waals surface area contributed by atoms with Gasteiger partial charge in [-0.15, -0.1) is 0 Å². The molecule has 0 aromatic rings. The average molecular weight is 280 g/mol. The second-order valence-electron chi connectivity index (χ2n) is 6.50. The van der Waals surface area contributed by atoms with Gasteiger partial charge in [-0.25, -0.2) is 0 Å². The average Bonchev–Trinajstić information content (AvgIpc) is 2.93. The van der Waals surface area contributed by atoms with Crippen LogP contribution in [-0.4, -0.2) is 35.3 Å². The van der Waals surface area contributed by atoms with E-state index in [4.69, 9.17) is 0 Å². The molecule has 0 aromatic heterocycles. The van der Waals surface area contributed by atoms with E-state index in [1.54, 1.807) is 0 Å². The number of carbonyl (C=O) groups is 2. The molecule has 4 heteroatoms. The van der Waals surface area contributed by atoms with Gasteiger partial charge in [-0.3, -0.25) is 9.59 Å². The van der Waals surface area contributed by atoms with Crippen molar-refractivity contribution in [2.75, 3.05) is 6.54 Å². The second kappa shape index (κ2) is 6.59. The van der Waals surface area contributed by atoms with Gasteiger partial charge in [0.25, 0.3) is 0 Å². The number of carbonyl (C=O) groups excluding carboxylic acids is 2. The van der Waals surface area contributed by atoms with Crippen molar-refractivity contribution in [2.45, 2.75) is 71.4 Å². The SMILES string of the molecule is CCC(C)C1NC(=O)CCN(C(C)C2CCCC2)C1=O. The van der Waals surface area contributed by atoms with Gasteiger partial charge >= 0.3 is 0 Å². The van der Waals surface area contributed by atoms with Crippen molar-refractivity contribution in [3.63, 3.8) is 0 Å². The van der Waals surface area contributed by atoms with Crippen molar-refractivity contribution < 1.29 is 9.59 Å². The van der Waals surface area contributed by atoms with Crippen molar-refractivity contribution in [3.8, 4) is 0 Å². The molecule has 4 nitrogen and oxygen atoms in total. The molecule has 0 spiro atoms. The predicted octanol–water partition coefficient (Wildman–Crippen LogP) is 2.33. The summed E-state index contributed by atoms with van der Waals surface area (Å²) in [5.74, 6) is 0.960. The normalized spacial score (nSPS) is 28.1. The van der Waals surface area contributed by atoms with E-state index in [1.807, 2.05) is 11.8 Å². The molecule has 1 heterocycles. The van der Waals surface area contributed by atoms with Crippen LogP contribution in [0, 0.1) is 11.8 Å². The van der Waals surface area contributed by atoms with Crippen LogP contribution in [0.15, 0.2) is 0 Å². The van der Waals surface area contributed by atoms with Crippen LogP contribution in [0.4, 0.5) is 0 Å². The minimum atomic E-state index is -0.334. The fourth-order valence-electron chi connectivity index (χ4n) is 3.54. The molecule has 3 unspecified atom stereocenters. The van der Waals surface area contributed by atoms with Gasteiger partial charge in [-0.1, -0.05) is 33.1 Å². The lowest BCUT2D eigenvalue weighted by atomic mass is 9.94. The second-order valence-corrected chi connectivity index (χ2v) is 6.50. The zero-order valence-corrected chi connectivity index (χ0v) is 13.0. The Bertz CT molecular complexity index is 363. The first-order chi connectivity index (χ1) is 9.54. The van der Waals surface area contributed by atoms with Crippen LogP contribution in [0.25, 0.3) is 0 Å². The van der Waals surface area contributed by atoms with Gasteiger partial charge < -0.3 is 10.2 Å². The van der Waals surface area contributed by atoms with Crippen molar-refractivity contribution in [1.82, 2.24) is 10.2 Å². The molecule has 0 bridgehead atoms. The van der Waals surface area contributed by atoms with E-state index in [0.29, 0.717) is 18.9 Å². The summed E-state index contributed by atoms with van der Waals surface area (Å²) in [5.41, 5.74) is 0. The van der Waals surface area contributed by atoms with Gasteiger partial charge in [0.15, 0.2) is 0 Å². The van der Waals surface area contributed by atoms with Gasteiger partial charge in [0, 0.05) is 19.0 Å². The van der Waals surface area contributed by atoms with Gasteiger partial charge in [-0.2, -0.15) is 0 Å². The van der Waals surface area contributed by atoms with Crippen LogP contribution < -0.4 is 5.32 Å². The van der Waals surface area contributed by atoms with Crippen LogP contribution in [-0.2, 0) is 9.59 Å². The van der Waals surface area contributed by atoms with Crippen molar-refractivity contribution in [3.05, 3.63) is 0 Å². The topological polar surface area (TPSA) is 49.4 Å². The highest BCUT2D eigenvalue weighted by molar-refractivity contribution is 5.90. The maximum absolute atomic E-state index is 12.8. The van der Waals surface area contributed by atoms with Crippen LogP contribution in [0.3, 0.4) is 0 Å². The predicted molar refractivity (Wildman–Crippen MR) is 79.1 cm³/mol. The molecule has 1 N–H and O–H groups in total. The van der Waals surface area contributed by atoms with E-state index < -0.39 is 0 Å². The molecule has 2 aliphatic rings. The van der Waals surface area contributed by atoms with E-state index in [0.717, 1.165) is 6.42 Å². The first-order valence-electron chi connectivity index (χ1n) is 8.14. The van der Waals surface area contributed by atoms with Crippen LogP contribution in [0.1, 0.15) is 59.3 Å². The maximum atomic E-state index is 12.8. The van der Waals surface area contributed by atoms with Crippen molar-refractivity contribution in [2.24, 2.45) is 11.8 Å². The standard InChI is InChI=1S/C16H28N2O2/c1-4-11(2)15-16(20)18(10-9-14(19)17-15)12(3)13-7-5-6-8-13/h11-13,15H,4-10H2,1-3H3,(H,17,19). The summed E-state index contributed by atoms with van der Waals surface area (Å²) >= 11 is 0. The highest BCUT2D eigenvalue weighted by atomic mass is 16.2. The lowest BCUT2D eigenvalue weighted by molar-refractivity contribution is -0.137. The summed E-state index contributed by atoms with van der Waals surface area (Å²) in [6.45, 7) is 6.86. The zero-order valence-electron chi connectivity index (χ0n) is 13.0. The summed E-state index contributed by atoms with van der Waals surface area (Å²) in [5, 5.41) is 2.92. The number of amides is 2. The van der Waals surface area contributed by atoms with E-state index in [9.17, 15) is 9.59 Å². The third-order valence-corrected chi connectivity index (χ3v) is 5.23. The number of hydrogen-bond acceptors (Lipinski definition) is 2. The molecule has 0 radical (unpaired) electrons. The first-order valence-corrected chi connectivity index (χ1v) is 8.14. The minimum Gasteiger partial charge on any atom is -0.344 e. The Balaban J connectivity index is 2.13. The number of nitrogens with zero attached hydrogens (tertiary/aromatic N) is 1. The first kappa shape index (κ1) is 15.3. The molecule has 114 valence electrons. The number of hydrogen-bond donors (Lipinski definition) is 1. The monoisotopic (exact) mass is 280 g/mol. The zero-order chi connectivity index (χ0) is 14.7. The lowest BCUT2D eigenvalue weighted by Crippen LogP contribution is -2.51. The molecule has 1 saturated carbocycles. The molecule has 2 amide bonds. The van der Waals surface area contributed by atoms with Gasteiger partial charge in [-0.05, 0) is 31.6 Å². The summed E-state index contributed by atoms with van der Waals surface area (Å²) in [6.07, 6.45) is 6.35. The maximum Gasteiger partial charge on any atom is 0.245 e. The molecule has 20 heavy (non-hydrogen) atoms. The molecule has 1 saturated heterocycles. The minimum absolute atomic E-state index is 0.0183. The largest absolute Gasteiger partial charge is 0.344 e. The Labute approximate surface area is 122 Å². The smallest absolute Gasteiger partial charge is 0.245 e. The summed E-state index contributed by atoms with van der Waals surface area (Å²) in [7, 11) is 0. The summed E-state index contributed by atoms with van der Waals surface area (Å²) < 4.78 is 0. The van der Waals surface area contributed by atoms with E-state index in [2.05, 4.69) is 19.2 Å². The van der Waals surface area contributed by atoms with Crippen molar-refractivity contribution >= 4 is 11.8 Å². The van der Waals surface area contributed by atoms with Crippen LogP contribution >= 0.6 is 0 Å². The van der Waals surface area contributed by atoms with Crippen LogP contribution in [0.2, 0.25) is 0 Å². The molecule has 2 rings (SSSR count). The molecule has 0 aromatic carbocycles. The Morgan fingerprint density at radius 2 is 1.90 bits per heavy atom. The Kier molecular flexibility index (Phi) is 5.06. The number of nitrogens with one attached hydrogen (secondary N) is 1. The van der Waals surface area contributed by atoms with Gasteiger partial charge in [0.2, 0.25) is 11.8 Å². The molecule has 2 fully saturated rings. The third kappa shape index (κ3) is 3.15. The van der Waals surface area contributed by atoms with Gasteiger partial charge in [0.1, 0.15) is 6.04 Å². The van der Waals surface area contributed by atoms with E-state index in [-0.39, 0.29) is 29.8 Å². The van der Waals surface area contributed by atoms with E-state index in [1.165, 1.54) is 25.7 Å². The Hall–Kier alpha value is -1.06. The third-order valence-electron chi connectivity index (χ3n) is 5.23. The highest BCUT2D eigenvalue weighted by Crippen LogP contribution is 2.31. The fraction of sp³-hybridized carbons (Fsp3) is 0.875. The lowest BCUT2D eigenvalue weighted by Gasteiger charge is -2.35. The summed E-state index contributed by atoms with van der Waals surface area (Å²) in [4.78, 5) is 26.6. The number of rotatable bonds is 4. The quantitative estimate of drug-likeness (QED) is 0.859. The van der Waals surface area contributed by atoms with Crippen LogP contribution in [0.5, 0.6) is 0 Å². The van der Waals surface area contributed by atoms with Crippen molar-refractivity contribution in [1.29, 1.82) is 0 Å². The molecule has 1 aliphatic carbocycles. The molecular formula is C16H28N2O2. The molecule has 3 atom stereocenters. The molecular weight excluding hydrogens is 252 g/mol. The Morgan fingerprint density at radius 3 is 2.50 bits per heavy atom. The van der Waals surface area contributed by atoms with Gasteiger partial charge in [0.05, 0.1) is 0 Å².